The van der Waals surface area contributed by atoms with Crippen LogP contribution in [-0.2, 0) is 0 Å². The van der Waals surface area contributed by atoms with Crippen molar-refractivity contribution in [1.29, 1.82) is 0 Å². The second-order valence-electron chi connectivity index (χ2n) is 10.4. The van der Waals surface area contributed by atoms with Crippen LogP contribution in [0.4, 0.5) is 0 Å². The Kier molecular flexibility index (Phi) is 9.26. The molecule has 2 aliphatic carbocycles. The highest BCUT2D eigenvalue weighted by atomic mass is 31.0. The third kappa shape index (κ3) is 4.57. The third-order valence-corrected chi connectivity index (χ3v) is 8.11. The Morgan fingerprint density at radius 3 is 1.38 bits per heavy atom. The maximum absolute atomic E-state index is 14.1. The maximum Gasteiger partial charge on any atom is 0.195 e. The average molecular weight is 601 g/mol. The number of hydrogen-bond donors (Lipinski definition) is 0. The summed E-state index contributed by atoms with van der Waals surface area (Å²) in [6.45, 7) is 12.5. The molecule has 0 saturated carbocycles. The van der Waals surface area contributed by atoms with Crippen molar-refractivity contribution in [2.24, 2.45) is 0 Å². The van der Waals surface area contributed by atoms with Crippen molar-refractivity contribution in [3.05, 3.63) is 73.4 Å². The van der Waals surface area contributed by atoms with E-state index in [2.05, 4.69) is 28.4 Å². The maximum atomic E-state index is 14.1. The Hall–Kier alpha value is -2.71. The van der Waals surface area contributed by atoms with E-state index < -0.39 is 17.3 Å². The number of aryl methyl sites for hydroxylation is 1. The molecule has 10 heteroatoms. The topological polar surface area (TPSA) is 96.0 Å². The van der Waals surface area contributed by atoms with Crippen LogP contribution in [0.1, 0.15) is 119 Å². The molecule has 0 aliphatic heterocycles. The molecule has 7 nitrogen and oxygen atoms in total. The van der Waals surface area contributed by atoms with Gasteiger partial charge in [0.1, 0.15) is 5.75 Å². The van der Waals surface area contributed by atoms with Crippen LogP contribution in [0, 0.1) is 6.92 Å². The van der Waals surface area contributed by atoms with Gasteiger partial charge in [-0.2, -0.15) is 0 Å². The lowest BCUT2D eigenvalue weighted by molar-refractivity contribution is 0.0951. The Bertz CT molecular complexity index is 1560. The molecule has 40 heavy (non-hydrogen) atoms. The molecule has 0 amide bonds. The molecule has 0 bridgehead atoms. The lowest BCUT2D eigenvalue weighted by atomic mass is 9.71. The summed E-state index contributed by atoms with van der Waals surface area (Å²) in [5.74, 6) is -0.959. The fourth-order valence-corrected chi connectivity index (χ4v) is 6.35. The van der Waals surface area contributed by atoms with Crippen molar-refractivity contribution in [3.63, 3.8) is 0 Å². The number of carbonyl (C=O) groups excluding carboxylic acids is 4. The van der Waals surface area contributed by atoms with Gasteiger partial charge in [0.05, 0.1) is 28.4 Å². The lowest BCUT2D eigenvalue weighted by Gasteiger charge is -2.29. The van der Waals surface area contributed by atoms with E-state index in [0.29, 0.717) is 28.2 Å². The molecule has 212 valence electrons. The van der Waals surface area contributed by atoms with E-state index in [-0.39, 0.29) is 75.3 Å². The van der Waals surface area contributed by atoms with E-state index in [1.807, 2.05) is 27.7 Å². The summed E-state index contributed by atoms with van der Waals surface area (Å²) in [6.07, 6.45) is 0. The van der Waals surface area contributed by atoms with Crippen molar-refractivity contribution in [3.8, 4) is 17.2 Å². The van der Waals surface area contributed by atoms with Gasteiger partial charge in [-0.25, -0.2) is 0 Å². The largest absolute Gasteiger partial charge is 0.480 e. The molecule has 2 aromatic carbocycles. The van der Waals surface area contributed by atoms with E-state index in [0.717, 1.165) is 0 Å². The fourth-order valence-electron chi connectivity index (χ4n) is 5.61. The standard InChI is InChI=1S/C29H31O7P3.CH4/c1-10(2)18-22-15(8-12(5)28(18)35-38)26(32)20(13(6)24(22)30)21-14(7)25(31)23-16(27(21)33)9-17(34-37)29(36-39)19(23)11(3)4;/h8-11H,37-39H2,1-7H3;1H4. The van der Waals surface area contributed by atoms with Gasteiger partial charge in [-0.3, -0.25) is 19.2 Å². The van der Waals surface area contributed by atoms with E-state index in [1.54, 1.807) is 13.0 Å². The van der Waals surface area contributed by atoms with Crippen LogP contribution in [0.5, 0.6) is 17.2 Å². The van der Waals surface area contributed by atoms with E-state index in [4.69, 9.17) is 13.6 Å². The summed E-state index contributed by atoms with van der Waals surface area (Å²) in [5, 5.41) is 0. The number of ketones is 4. The molecule has 3 atom stereocenters. The molecular formula is C30H35O7P3. The van der Waals surface area contributed by atoms with Crippen molar-refractivity contribution < 1.29 is 32.7 Å². The average Bonchev–Trinajstić information content (AvgIpc) is 2.90. The number of carbonyl (C=O) groups is 4. The van der Waals surface area contributed by atoms with Crippen LogP contribution >= 0.6 is 28.4 Å². The monoisotopic (exact) mass is 600 g/mol. The number of allylic oxidation sites excluding steroid dienone is 4. The van der Waals surface area contributed by atoms with Crippen LogP contribution in [0.25, 0.3) is 0 Å². The van der Waals surface area contributed by atoms with Crippen molar-refractivity contribution in [1.82, 2.24) is 0 Å². The van der Waals surface area contributed by atoms with Crippen LogP contribution in [0.2, 0.25) is 0 Å². The molecule has 0 radical (unpaired) electrons. The minimum atomic E-state index is -0.521. The number of hydrogen-bond acceptors (Lipinski definition) is 7. The van der Waals surface area contributed by atoms with Gasteiger partial charge in [0.15, 0.2) is 34.6 Å². The molecule has 2 aliphatic rings. The number of Topliss-reactive ketones (excluding diaryl/α,β-unsaturated/α-hetero) is 4. The van der Waals surface area contributed by atoms with Gasteiger partial charge in [0, 0.05) is 55.7 Å². The first kappa shape index (κ1) is 31.8. The number of benzene rings is 2. The van der Waals surface area contributed by atoms with Gasteiger partial charge in [-0.05, 0) is 50.3 Å². The van der Waals surface area contributed by atoms with Gasteiger partial charge in [0.2, 0.25) is 0 Å². The second-order valence-corrected chi connectivity index (χ2v) is 11.1. The van der Waals surface area contributed by atoms with Gasteiger partial charge in [0.25, 0.3) is 0 Å². The zero-order valence-corrected chi connectivity index (χ0v) is 26.4. The SMILES string of the molecule is C.CC1=C(C2=C(C)C(=O)c3c(cc(OP)c(OP)c3C(C)C)C2=O)C(=O)c2cc(C)c(OP)c(C(C)C)c2C1=O. The zero-order valence-electron chi connectivity index (χ0n) is 22.9. The number of fused-ring (bicyclic) bond motifs is 2. The van der Waals surface area contributed by atoms with Gasteiger partial charge >= 0.3 is 0 Å². The van der Waals surface area contributed by atoms with Crippen molar-refractivity contribution in [2.45, 2.75) is 67.7 Å². The highest BCUT2D eigenvalue weighted by molar-refractivity contribution is 7.11. The molecule has 0 spiro atoms. The molecule has 4 rings (SSSR count). The summed E-state index contributed by atoms with van der Waals surface area (Å²) in [7, 11) is 6.47. The predicted octanol–water partition coefficient (Wildman–Crippen LogP) is 7.48. The third-order valence-electron chi connectivity index (χ3n) is 7.38. The molecule has 0 aromatic heterocycles. The minimum absolute atomic E-state index is 0. The highest BCUT2D eigenvalue weighted by Gasteiger charge is 2.43. The Balaban J connectivity index is 0.00000441. The van der Waals surface area contributed by atoms with Crippen LogP contribution in [0.3, 0.4) is 0 Å². The van der Waals surface area contributed by atoms with Crippen molar-refractivity contribution in [2.75, 3.05) is 0 Å². The molecule has 0 fully saturated rings. The van der Waals surface area contributed by atoms with E-state index in [1.165, 1.54) is 19.9 Å². The van der Waals surface area contributed by atoms with Crippen LogP contribution < -0.4 is 13.6 Å². The lowest BCUT2D eigenvalue weighted by Crippen LogP contribution is -2.31. The van der Waals surface area contributed by atoms with Crippen molar-refractivity contribution >= 4 is 51.5 Å². The zero-order chi connectivity index (χ0) is 29.1. The first-order valence-corrected chi connectivity index (χ1v) is 13.8. The first-order chi connectivity index (χ1) is 18.3. The molecule has 0 N–H and O–H groups in total. The fraction of sp³-hybridized carbons (Fsp3) is 0.333. The van der Waals surface area contributed by atoms with Gasteiger partial charge in [-0.1, -0.05) is 35.1 Å². The first-order valence-electron chi connectivity index (χ1n) is 12.4. The Morgan fingerprint density at radius 1 is 0.600 bits per heavy atom. The van der Waals surface area contributed by atoms with Crippen LogP contribution in [-0.4, -0.2) is 23.1 Å². The summed E-state index contributed by atoms with van der Waals surface area (Å²) >= 11 is 0. The van der Waals surface area contributed by atoms with E-state index >= 15 is 0 Å². The minimum Gasteiger partial charge on any atom is -0.480 e. The normalized spacial score (nSPS) is 15.0. The van der Waals surface area contributed by atoms with Gasteiger partial charge < -0.3 is 13.6 Å². The van der Waals surface area contributed by atoms with E-state index in [9.17, 15) is 19.2 Å². The molecule has 2 aromatic rings. The summed E-state index contributed by atoms with van der Waals surface area (Å²) in [4.78, 5) is 56.0. The summed E-state index contributed by atoms with van der Waals surface area (Å²) < 4.78 is 16.4. The molecule has 0 heterocycles. The Morgan fingerprint density at radius 2 is 1.00 bits per heavy atom. The molecule has 3 unspecified atom stereocenters. The quantitative estimate of drug-likeness (QED) is 0.317. The smallest absolute Gasteiger partial charge is 0.195 e. The predicted molar refractivity (Wildman–Crippen MR) is 166 cm³/mol. The second kappa shape index (κ2) is 11.6. The summed E-state index contributed by atoms with van der Waals surface area (Å²) in [6, 6.07) is 3.06. The molecule has 0 saturated heterocycles. The van der Waals surface area contributed by atoms with Crippen LogP contribution in [0.15, 0.2) is 34.4 Å². The Labute approximate surface area is 242 Å². The van der Waals surface area contributed by atoms with Gasteiger partial charge in [-0.15, -0.1) is 0 Å². The molecular weight excluding hydrogens is 565 g/mol. The summed E-state index contributed by atoms with van der Waals surface area (Å²) in [5.41, 5.74) is 2.74. The highest BCUT2D eigenvalue weighted by Crippen LogP contribution is 2.47. The number of rotatable bonds is 6.